The Morgan fingerprint density at radius 3 is 1.89 bits per heavy atom. The molecule has 0 spiro atoms. The highest BCUT2D eigenvalue weighted by molar-refractivity contribution is 5.55. The van der Waals surface area contributed by atoms with Crippen molar-refractivity contribution in [2.24, 2.45) is 17.8 Å². The van der Waals surface area contributed by atoms with Gasteiger partial charge in [-0.3, -0.25) is 0 Å². The summed E-state index contributed by atoms with van der Waals surface area (Å²) in [5.41, 5.74) is 0. The van der Waals surface area contributed by atoms with Crippen LogP contribution in [-0.2, 0) is 4.79 Å². The molecule has 1 saturated carbocycles. The van der Waals surface area contributed by atoms with Crippen LogP contribution in [0.1, 0.15) is 26.7 Å². The molecular weight excluding hydrogens is 112 g/mol. The van der Waals surface area contributed by atoms with Gasteiger partial charge in [0.25, 0.3) is 0 Å². The molecule has 52 valence electrons. The fourth-order valence-corrected chi connectivity index (χ4v) is 1.74. The maximum absolute atomic E-state index is 10.4. The van der Waals surface area contributed by atoms with Gasteiger partial charge in [-0.15, -0.1) is 0 Å². The zero-order chi connectivity index (χ0) is 6.85. The summed E-state index contributed by atoms with van der Waals surface area (Å²) in [6.07, 6.45) is 3.61. The van der Waals surface area contributed by atoms with Gasteiger partial charge in [-0.05, 0) is 24.7 Å². The molecule has 0 aromatic heterocycles. The summed E-state index contributed by atoms with van der Waals surface area (Å²) in [5, 5.41) is 0. The molecule has 2 unspecified atom stereocenters. The minimum absolute atomic E-state index is 0.352. The van der Waals surface area contributed by atoms with E-state index in [1.54, 1.807) is 0 Å². The lowest BCUT2D eigenvalue weighted by atomic mass is 9.94. The van der Waals surface area contributed by atoms with Crippen LogP contribution in [0.25, 0.3) is 0 Å². The van der Waals surface area contributed by atoms with E-state index >= 15 is 0 Å². The Hall–Kier alpha value is -0.330. The molecule has 9 heavy (non-hydrogen) atoms. The summed E-state index contributed by atoms with van der Waals surface area (Å²) in [6, 6.07) is 0. The van der Waals surface area contributed by atoms with E-state index in [0.29, 0.717) is 17.8 Å². The number of hydrogen-bond acceptors (Lipinski definition) is 1. The van der Waals surface area contributed by atoms with E-state index < -0.39 is 0 Å². The van der Waals surface area contributed by atoms with E-state index in [0.717, 1.165) is 6.29 Å². The molecule has 1 nitrogen and oxygen atoms in total. The Morgan fingerprint density at radius 1 is 1.22 bits per heavy atom. The largest absolute Gasteiger partial charge is 0.303 e. The second kappa shape index (κ2) is 2.51. The van der Waals surface area contributed by atoms with Crippen LogP contribution < -0.4 is 0 Å². The van der Waals surface area contributed by atoms with Gasteiger partial charge in [0.05, 0.1) is 0 Å². The van der Waals surface area contributed by atoms with Crippen molar-refractivity contribution in [2.45, 2.75) is 26.7 Å². The van der Waals surface area contributed by atoms with Gasteiger partial charge in [0.2, 0.25) is 0 Å². The van der Waals surface area contributed by atoms with Crippen LogP contribution in [0.2, 0.25) is 0 Å². The quantitative estimate of drug-likeness (QED) is 0.490. The second-order valence-corrected chi connectivity index (χ2v) is 3.25. The first-order chi connectivity index (χ1) is 4.25. The lowest BCUT2D eigenvalue weighted by Crippen LogP contribution is -2.11. The first-order valence-corrected chi connectivity index (χ1v) is 3.71. The lowest BCUT2D eigenvalue weighted by molar-refractivity contribution is -0.112. The summed E-state index contributed by atoms with van der Waals surface area (Å²) in [6.45, 7) is 4.34. The van der Waals surface area contributed by atoms with E-state index in [1.165, 1.54) is 12.8 Å². The van der Waals surface area contributed by atoms with E-state index in [2.05, 4.69) is 13.8 Å². The number of hydrogen-bond donors (Lipinski definition) is 0. The van der Waals surface area contributed by atoms with Crippen LogP contribution >= 0.6 is 0 Å². The summed E-state index contributed by atoms with van der Waals surface area (Å²) in [4.78, 5) is 10.4. The predicted molar refractivity (Wildman–Crippen MR) is 37.1 cm³/mol. The van der Waals surface area contributed by atoms with Crippen molar-refractivity contribution >= 4 is 6.29 Å². The molecule has 1 fully saturated rings. The summed E-state index contributed by atoms with van der Waals surface area (Å²) >= 11 is 0. The molecule has 0 saturated heterocycles. The van der Waals surface area contributed by atoms with Gasteiger partial charge in [0.15, 0.2) is 0 Å². The first-order valence-electron chi connectivity index (χ1n) is 3.71. The maximum atomic E-state index is 10.4. The van der Waals surface area contributed by atoms with E-state index in [1.807, 2.05) is 0 Å². The van der Waals surface area contributed by atoms with Crippen LogP contribution in [0, 0.1) is 17.8 Å². The van der Waals surface area contributed by atoms with Crippen molar-refractivity contribution in [1.82, 2.24) is 0 Å². The molecule has 0 bridgehead atoms. The van der Waals surface area contributed by atoms with Crippen molar-refractivity contribution < 1.29 is 4.79 Å². The van der Waals surface area contributed by atoms with Gasteiger partial charge < -0.3 is 4.79 Å². The molecule has 2 atom stereocenters. The molecule has 0 radical (unpaired) electrons. The van der Waals surface area contributed by atoms with Gasteiger partial charge in [-0.2, -0.15) is 0 Å². The molecular formula is C8H14O. The van der Waals surface area contributed by atoms with Crippen molar-refractivity contribution in [3.8, 4) is 0 Å². The van der Waals surface area contributed by atoms with Gasteiger partial charge >= 0.3 is 0 Å². The van der Waals surface area contributed by atoms with Crippen LogP contribution in [0.5, 0.6) is 0 Å². The van der Waals surface area contributed by atoms with Crippen LogP contribution in [0.3, 0.4) is 0 Å². The van der Waals surface area contributed by atoms with Crippen LogP contribution in [0.15, 0.2) is 0 Å². The zero-order valence-electron chi connectivity index (χ0n) is 6.13. The van der Waals surface area contributed by atoms with E-state index in [-0.39, 0.29) is 0 Å². The molecule has 1 rings (SSSR count). The summed E-state index contributed by atoms with van der Waals surface area (Å²) in [7, 11) is 0. The first kappa shape index (κ1) is 6.79. The maximum Gasteiger partial charge on any atom is 0.123 e. The monoisotopic (exact) mass is 126 g/mol. The highest BCUT2D eigenvalue weighted by Crippen LogP contribution is 2.34. The predicted octanol–water partition coefficient (Wildman–Crippen LogP) is 1.87. The van der Waals surface area contributed by atoms with Gasteiger partial charge in [-0.25, -0.2) is 0 Å². The Morgan fingerprint density at radius 2 is 1.67 bits per heavy atom. The zero-order valence-corrected chi connectivity index (χ0v) is 6.13. The molecule has 0 aromatic rings. The number of carbonyl (C=O) groups excluding carboxylic acids is 1. The smallest absolute Gasteiger partial charge is 0.123 e. The molecule has 0 amide bonds. The third kappa shape index (κ3) is 1.15. The molecule has 0 aromatic carbocycles. The van der Waals surface area contributed by atoms with Crippen molar-refractivity contribution in [2.75, 3.05) is 0 Å². The normalized spacial score (nSPS) is 43.1. The molecule has 1 heteroatoms. The summed E-state index contributed by atoms with van der Waals surface area (Å²) in [5.74, 6) is 1.62. The molecule has 1 aliphatic carbocycles. The number of rotatable bonds is 1. The highest BCUT2D eigenvalue weighted by atomic mass is 16.1. The fourth-order valence-electron chi connectivity index (χ4n) is 1.74. The molecule has 0 aliphatic heterocycles. The van der Waals surface area contributed by atoms with Crippen molar-refractivity contribution in [1.29, 1.82) is 0 Å². The minimum atomic E-state index is 0.352. The third-order valence-electron chi connectivity index (χ3n) is 2.55. The summed E-state index contributed by atoms with van der Waals surface area (Å²) < 4.78 is 0. The van der Waals surface area contributed by atoms with Gasteiger partial charge in [0, 0.05) is 5.92 Å². The topological polar surface area (TPSA) is 17.1 Å². The average Bonchev–Trinajstić information content (AvgIpc) is 2.12. The average molecular weight is 126 g/mol. The van der Waals surface area contributed by atoms with Crippen molar-refractivity contribution in [3.63, 3.8) is 0 Å². The minimum Gasteiger partial charge on any atom is -0.303 e. The van der Waals surface area contributed by atoms with Crippen LogP contribution in [-0.4, -0.2) is 6.29 Å². The van der Waals surface area contributed by atoms with E-state index in [4.69, 9.17) is 0 Å². The lowest BCUT2D eigenvalue weighted by Gasteiger charge is -2.10. The highest BCUT2D eigenvalue weighted by Gasteiger charge is 2.29. The molecule has 0 N–H and O–H groups in total. The Balaban J connectivity index is 2.54. The number of aldehydes is 1. The molecule has 0 heterocycles. The Bertz CT molecular complexity index is 99.1. The Kier molecular flexibility index (Phi) is 1.89. The van der Waals surface area contributed by atoms with Crippen molar-refractivity contribution in [3.05, 3.63) is 0 Å². The number of carbonyl (C=O) groups is 1. The van der Waals surface area contributed by atoms with Gasteiger partial charge in [0.1, 0.15) is 6.29 Å². The van der Waals surface area contributed by atoms with Crippen LogP contribution in [0.4, 0.5) is 0 Å². The third-order valence-corrected chi connectivity index (χ3v) is 2.55. The standard InChI is InChI=1S/C8H14O/c1-6-3-4-7(2)8(6)5-9/h5-8H,3-4H2,1-2H3. The fraction of sp³-hybridized carbons (Fsp3) is 0.875. The Labute approximate surface area is 56.4 Å². The van der Waals surface area contributed by atoms with E-state index in [9.17, 15) is 4.79 Å². The SMILES string of the molecule is CC1CCC(C)C1C=O. The second-order valence-electron chi connectivity index (χ2n) is 3.25. The van der Waals surface area contributed by atoms with Gasteiger partial charge in [-0.1, -0.05) is 13.8 Å². The molecule has 1 aliphatic rings.